The van der Waals surface area contributed by atoms with Gasteiger partial charge in [-0.2, -0.15) is 9.78 Å². The largest absolute Gasteiger partial charge is 0.343 e. The summed E-state index contributed by atoms with van der Waals surface area (Å²) >= 11 is 5.99. The lowest BCUT2D eigenvalue weighted by atomic mass is 10.3. The van der Waals surface area contributed by atoms with Gasteiger partial charge >= 0.3 is 0 Å². The van der Waals surface area contributed by atoms with Gasteiger partial charge in [0.1, 0.15) is 0 Å². The molecule has 2 N–H and O–H groups in total. The van der Waals surface area contributed by atoms with E-state index >= 15 is 0 Å². The summed E-state index contributed by atoms with van der Waals surface area (Å²) in [6.07, 6.45) is 0. The molecule has 0 aliphatic rings. The average molecular weight is 318 g/mol. The molecule has 22 heavy (non-hydrogen) atoms. The van der Waals surface area contributed by atoms with Gasteiger partial charge in [0.2, 0.25) is 0 Å². The summed E-state index contributed by atoms with van der Waals surface area (Å²) in [6, 6.07) is 9.40. The third kappa shape index (κ3) is 2.68. The summed E-state index contributed by atoms with van der Waals surface area (Å²) in [5, 5.41) is 21.0. The molecule has 0 fully saturated rings. The maximum atomic E-state index is 12.1. The molecule has 112 valence electrons. The predicted octanol–water partition coefficient (Wildman–Crippen LogP) is 1.28. The van der Waals surface area contributed by atoms with Crippen molar-refractivity contribution in [1.82, 2.24) is 35.7 Å². The number of tetrazole rings is 1. The minimum atomic E-state index is -0.392. The molecule has 8 nitrogen and oxygen atoms in total. The first-order valence-electron chi connectivity index (χ1n) is 6.48. The molecule has 0 aliphatic carbocycles. The van der Waals surface area contributed by atoms with E-state index in [0.29, 0.717) is 16.5 Å². The lowest BCUT2D eigenvalue weighted by Gasteiger charge is -2.05. The Morgan fingerprint density at radius 1 is 1.36 bits per heavy atom. The van der Waals surface area contributed by atoms with E-state index in [-0.39, 0.29) is 12.2 Å². The minimum absolute atomic E-state index is 0.151. The number of aromatic amines is 1. The Morgan fingerprint density at radius 3 is 2.82 bits per heavy atom. The zero-order valence-corrected chi connectivity index (χ0v) is 12.4. The summed E-state index contributed by atoms with van der Waals surface area (Å²) in [7, 11) is 0. The van der Waals surface area contributed by atoms with Crippen LogP contribution in [0.15, 0.2) is 30.3 Å². The van der Waals surface area contributed by atoms with Crippen molar-refractivity contribution in [2.24, 2.45) is 0 Å². The fraction of sp³-hybridized carbons (Fsp3) is 0.154. The molecule has 0 atom stereocenters. The Hall–Kier alpha value is -2.74. The number of carbonyl (C=O) groups excluding carboxylic acids is 1. The summed E-state index contributed by atoms with van der Waals surface area (Å²) in [5.74, 6) is 0.111. The van der Waals surface area contributed by atoms with Crippen molar-refractivity contribution in [1.29, 1.82) is 0 Å². The number of rotatable bonds is 4. The molecule has 9 heteroatoms. The number of carbonyl (C=O) groups is 1. The van der Waals surface area contributed by atoms with E-state index < -0.39 is 5.91 Å². The minimum Gasteiger partial charge on any atom is -0.343 e. The van der Waals surface area contributed by atoms with Crippen molar-refractivity contribution in [2.75, 3.05) is 0 Å². The van der Waals surface area contributed by atoms with Crippen LogP contribution in [0.1, 0.15) is 22.0 Å². The van der Waals surface area contributed by atoms with Crippen molar-refractivity contribution >= 4 is 17.5 Å². The molecule has 2 heterocycles. The van der Waals surface area contributed by atoms with Crippen LogP contribution in [0.5, 0.6) is 0 Å². The molecule has 1 aromatic carbocycles. The number of hydrogen-bond donors (Lipinski definition) is 2. The van der Waals surface area contributed by atoms with Crippen LogP contribution in [0, 0.1) is 6.92 Å². The molecular weight excluding hydrogens is 306 g/mol. The summed E-state index contributed by atoms with van der Waals surface area (Å²) in [5.41, 5.74) is 1.60. The van der Waals surface area contributed by atoms with Gasteiger partial charge in [-0.05, 0) is 29.5 Å². The Kier molecular flexibility index (Phi) is 3.84. The zero-order valence-electron chi connectivity index (χ0n) is 11.6. The van der Waals surface area contributed by atoms with Crippen LogP contribution in [0.2, 0.25) is 5.02 Å². The second-order valence-electron chi connectivity index (χ2n) is 4.54. The Bertz CT molecular complexity index is 796. The van der Waals surface area contributed by atoms with Crippen molar-refractivity contribution in [3.8, 4) is 5.69 Å². The Morgan fingerprint density at radius 2 is 2.14 bits per heavy atom. The number of aryl methyl sites for hydroxylation is 1. The van der Waals surface area contributed by atoms with Crippen LogP contribution in [-0.4, -0.2) is 36.3 Å². The number of hydrogen-bond acceptors (Lipinski definition) is 5. The van der Waals surface area contributed by atoms with Crippen LogP contribution in [0.25, 0.3) is 5.69 Å². The SMILES string of the molecule is Cc1[nH]nc(C(=O)NCc2nnnn2-c2ccccc2)c1Cl. The summed E-state index contributed by atoms with van der Waals surface area (Å²) in [6.45, 7) is 1.89. The second kappa shape index (κ2) is 5.94. The first kappa shape index (κ1) is 14.2. The lowest BCUT2D eigenvalue weighted by Crippen LogP contribution is -2.25. The fourth-order valence-electron chi connectivity index (χ4n) is 1.89. The first-order valence-corrected chi connectivity index (χ1v) is 6.86. The van der Waals surface area contributed by atoms with Gasteiger partial charge in [0.25, 0.3) is 5.91 Å². The third-order valence-electron chi connectivity index (χ3n) is 3.03. The van der Waals surface area contributed by atoms with Gasteiger partial charge in [0.15, 0.2) is 11.5 Å². The third-order valence-corrected chi connectivity index (χ3v) is 3.49. The van der Waals surface area contributed by atoms with Gasteiger partial charge in [-0.25, -0.2) is 0 Å². The topological polar surface area (TPSA) is 101 Å². The lowest BCUT2D eigenvalue weighted by molar-refractivity contribution is 0.0944. The molecule has 0 saturated heterocycles. The molecule has 2 aromatic heterocycles. The molecule has 0 spiro atoms. The van der Waals surface area contributed by atoms with E-state index in [4.69, 9.17) is 11.6 Å². The Labute approximate surface area is 130 Å². The highest BCUT2D eigenvalue weighted by molar-refractivity contribution is 6.34. The van der Waals surface area contributed by atoms with Crippen LogP contribution < -0.4 is 5.32 Å². The molecule has 0 unspecified atom stereocenters. The van der Waals surface area contributed by atoms with Gasteiger partial charge in [0, 0.05) is 0 Å². The van der Waals surface area contributed by atoms with E-state index in [0.717, 1.165) is 5.69 Å². The van der Waals surface area contributed by atoms with Crippen LogP contribution in [-0.2, 0) is 6.54 Å². The number of nitrogens with zero attached hydrogens (tertiary/aromatic N) is 5. The zero-order chi connectivity index (χ0) is 15.5. The standard InChI is InChI=1S/C13H12ClN7O/c1-8-11(14)12(18-16-8)13(22)15-7-10-17-19-20-21(10)9-5-3-2-4-6-9/h2-6H,7H2,1H3,(H,15,22)(H,16,18). The van der Waals surface area contributed by atoms with Crippen LogP contribution >= 0.6 is 11.6 Å². The number of nitrogens with one attached hydrogen (secondary N) is 2. The van der Waals surface area contributed by atoms with E-state index in [1.807, 2.05) is 30.3 Å². The highest BCUT2D eigenvalue weighted by Gasteiger charge is 2.17. The van der Waals surface area contributed by atoms with E-state index in [1.165, 1.54) is 0 Å². The van der Waals surface area contributed by atoms with Crippen molar-refractivity contribution < 1.29 is 4.79 Å². The van der Waals surface area contributed by atoms with Gasteiger partial charge in [-0.15, -0.1) is 5.10 Å². The number of para-hydroxylation sites is 1. The number of aromatic nitrogens is 6. The van der Waals surface area contributed by atoms with Gasteiger partial charge < -0.3 is 5.32 Å². The summed E-state index contributed by atoms with van der Waals surface area (Å²) < 4.78 is 1.55. The quantitative estimate of drug-likeness (QED) is 0.754. The predicted molar refractivity (Wildman–Crippen MR) is 78.7 cm³/mol. The molecule has 0 saturated carbocycles. The maximum absolute atomic E-state index is 12.1. The molecule has 1 amide bonds. The van der Waals surface area contributed by atoms with E-state index in [1.54, 1.807) is 11.6 Å². The number of amides is 1. The van der Waals surface area contributed by atoms with Crippen molar-refractivity contribution in [3.63, 3.8) is 0 Å². The summed E-state index contributed by atoms with van der Waals surface area (Å²) in [4.78, 5) is 12.1. The molecular formula is C13H12ClN7O. The molecule has 3 rings (SSSR count). The second-order valence-corrected chi connectivity index (χ2v) is 4.91. The molecule has 0 aliphatic heterocycles. The monoisotopic (exact) mass is 317 g/mol. The van der Waals surface area contributed by atoms with E-state index in [9.17, 15) is 4.79 Å². The van der Waals surface area contributed by atoms with Gasteiger partial charge in [0.05, 0.1) is 22.9 Å². The Balaban J connectivity index is 1.74. The van der Waals surface area contributed by atoms with Crippen LogP contribution in [0.3, 0.4) is 0 Å². The number of halogens is 1. The first-order chi connectivity index (χ1) is 10.7. The maximum Gasteiger partial charge on any atom is 0.273 e. The molecule has 3 aromatic rings. The molecule has 0 bridgehead atoms. The molecule has 0 radical (unpaired) electrons. The smallest absolute Gasteiger partial charge is 0.273 e. The normalized spacial score (nSPS) is 10.6. The van der Waals surface area contributed by atoms with E-state index in [2.05, 4.69) is 31.0 Å². The average Bonchev–Trinajstić information content (AvgIpc) is 3.14. The number of benzene rings is 1. The van der Waals surface area contributed by atoms with Crippen molar-refractivity contribution in [2.45, 2.75) is 13.5 Å². The highest BCUT2D eigenvalue weighted by Crippen LogP contribution is 2.16. The van der Waals surface area contributed by atoms with Crippen LogP contribution in [0.4, 0.5) is 0 Å². The number of H-pyrrole nitrogens is 1. The highest BCUT2D eigenvalue weighted by atomic mass is 35.5. The van der Waals surface area contributed by atoms with Gasteiger partial charge in [-0.1, -0.05) is 29.8 Å². The van der Waals surface area contributed by atoms with Gasteiger partial charge in [-0.3, -0.25) is 9.89 Å². The van der Waals surface area contributed by atoms with Crippen molar-refractivity contribution in [3.05, 3.63) is 52.6 Å². The fourth-order valence-corrected chi connectivity index (χ4v) is 2.07.